The van der Waals surface area contributed by atoms with Gasteiger partial charge in [0, 0.05) is 6.42 Å². The predicted molar refractivity (Wildman–Crippen MR) is 345 cm³/mol. The second-order valence-corrected chi connectivity index (χ2v) is 23.9. The molecule has 7 atom stereocenters. The quantitative estimate of drug-likeness (QED) is 0.0261. The van der Waals surface area contributed by atoms with Crippen LogP contribution in [0.5, 0.6) is 0 Å². The zero-order valence-corrected chi connectivity index (χ0v) is 52.8. The molecule has 472 valence electrons. The van der Waals surface area contributed by atoms with E-state index in [4.69, 9.17) is 9.47 Å². The monoisotopic (exact) mass is 1140 g/mol. The standard InChI is InChI=1S/C72H131NO8/c1-3-5-7-9-11-13-15-17-19-21-23-25-27-29-31-32-33-34-36-37-39-41-43-45-47-49-51-53-55-57-59-61-66(75)65(64-80-72-71(79)70(78)69(77)67(63-74)81-72)73-68(76)62-60-58-56-54-52-50-48-46-44-42-40-38-35-30-28-26-24-22-20-18-16-14-12-10-8-6-4-2/h6,8,12,14,18,20,24,26,30,35,59,61,65-67,69-72,74-75,77-79H,3-5,7,9-11,13,15-17,19,21-23,25,27-29,31-34,36-58,60,62-64H2,1-2H3,(H,73,76)/b8-6-,14-12-,20-18-,26-24-,35-30-,61-59+. The maximum atomic E-state index is 13.1. The van der Waals surface area contributed by atoms with Gasteiger partial charge in [0.2, 0.25) is 5.91 Å². The second kappa shape index (κ2) is 60.7. The van der Waals surface area contributed by atoms with Gasteiger partial charge in [0.15, 0.2) is 6.29 Å². The number of carbonyl (C=O) groups excluding carboxylic acids is 1. The summed E-state index contributed by atoms with van der Waals surface area (Å²) in [6.07, 6.45) is 78.6. The van der Waals surface area contributed by atoms with Crippen LogP contribution in [0.15, 0.2) is 72.9 Å². The fraction of sp³-hybridized carbons (Fsp3) is 0.819. The molecule has 0 radical (unpaired) electrons. The molecule has 0 aliphatic carbocycles. The topological polar surface area (TPSA) is 149 Å². The van der Waals surface area contributed by atoms with E-state index >= 15 is 0 Å². The Hall–Kier alpha value is -2.37. The number of unbranched alkanes of at least 4 members (excludes halogenated alkanes) is 40. The van der Waals surface area contributed by atoms with E-state index in [0.717, 1.165) is 70.6 Å². The molecule has 1 saturated heterocycles. The number of allylic oxidation sites excluding steroid dienone is 11. The van der Waals surface area contributed by atoms with Gasteiger partial charge in [-0.3, -0.25) is 4.79 Å². The fourth-order valence-corrected chi connectivity index (χ4v) is 10.9. The molecule has 0 spiro atoms. The van der Waals surface area contributed by atoms with Crippen molar-refractivity contribution in [2.75, 3.05) is 13.2 Å². The lowest BCUT2D eigenvalue weighted by molar-refractivity contribution is -0.302. The van der Waals surface area contributed by atoms with Gasteiger partial charge in [0.1, 0.15) is 24.4 Å². The van der Waals surface area contributed by atoms with E-state index in [1.807, 2.05) is 6.08 Å². The average molecular weight is 1140 g/mol. The molecule has 9 nitrogen and oxygen atoms in total. The van der Waals surface area contributed by atoms with Crippen LogP contribution in [0.3, 0.4) is 0 Å². The van der Waals surface area contributed by atoms with E-state index in [1.54, 1.807) is 6.08 Å². The molecule has 81 heavy (non-hydrogen) atoms. The maximum absolute atomic E-state index is 13.1. The minimum Gasteiger partial charge on any atom is -0.394 e. The Kier molecular flexibility index (Phi) is 57.5. The highest BCUT2D eigenvalue weighted by Gasteiger charge is 2.44. The maximum Gasteiger partial charge on any atom is 0.220 e. The number of rotatable bonds is 60. The largest absolute Gasteiger partial charge is 0.394 e. The molecular weight excluding hydrogens is 1010 g/mol. The van der Waals surface area contributed by atoms with Gasteiger partial charge < -0.3 is 40.3 Å². The van der Waals surface area contributed by atoms with Gasteiger partial charge in [-0.15, -0.1) is 0 Å². The van der Waals surface area contributed by atoms with Crippen molar-refractivity contribution in [2.45, 2.75) is 365 Å². The predicted octanol–water partition coefficient (Wildman–Crippen LogP) is 18.8. The van der Waals surface area contributed by atoms with E-state index in [1.165, 1.54) is 231 Å². The number of hydrogen-bond donors (Lipinski definition) is 6. The minimum absolute atomic E-state index is 0.179. The zero-order chi connectivity index (χ0) is 58.6. The Balaban J connectivity index is 2.15. The molecule has 0 aromatic heterocycles. The molecule has 1 heterocycles. The Labute approximate surface area is 499 Å². The van der Waals surface area contributed by atoms with Crippen molar-refractivity contribution in [3.8, 4) is 0 Å². The first-order valence-corrected chi connectivity index (χ1v) is 34.7. The molecule has 1 aliphatic rings. The lowest BCUT2D eigenvalue weighted by Gasteiger charge is -2.40. The molecule has 1 aliphatic heterocycles. The van der Waals surface area contributed by atoms with Crippen LogP contribution >= 0.6 is 0 Å². The van der Waals surface area contributed by atoms with E-state index in [2.05, 4.69) is 79.9 Å². The highest BCUT2D eigenvalue weighted by molar-refractivity contribution is 5.76. The zero-order valence-electron chi connectivity index (χ0n) is 52.8. The molecular formula is C72H131NO8. The molecule has 9 heteroatoms. The average Bonchev–Trinajstić information content (AvgIpc) is 3.48. The summed E-state index contributed by atoms with van der Waals surface area (Å²) >= 11 is 0. The minimum atomic E-state index is -1.57. The van der Waals surface area contributed by atoms with Crippen LogP contribution in [-0.4, -0.2) is 87.5 Å². The first kappa shape index (κ1) is 76.6. The Morgan fingerprint density at radius 3 is 1.14 bits per heavy atom. The summed E-state index contributed by atoms with van der Waals surface area (Å²) in [5.41, 5.74) is 0. The highest BCUT2D eigenvalue weighted by Crippen LogP contribution is 2.23. The highest BCUT2D eigenvalue weighted by atomic mass is 16.7. The van der Waals surface area contributed by atoms with Crippen molar-refractivity contribution in [2.24, 2.45) is 0 Å². The normalized spacial score (nSPS) is 18.8. The van der Waals surface area contributed by atoms with E-state index in [9.17, 15) is 30.3 Å². The third kappa shape index (κ3) is 49.6. The molecule has 1 amide bonds. The van der Waals surface area contributed by atoms with Gasteiger partial charge in [-0.05, 0) is 64.2 Å². The van der Waals surface area contributed by atoms with Crippen molar-refractivity contribution in [3.63, 3.8) is 0 Å². The first-order chi connectivity index (χ1) is 39.8. The third-order valence-corrected chi connectivity index (χ3v) is 16.3. The number of ether oxygens (including phenoxy) is 2. The second-order valence-electron chi connectivity index (χ2n) is 23.9. The summed E-state index contributed by atoms with van der Waals surface area (Å²) in [5.74, 6) is -0.179. The summed E-state index contributed by atoms with van der Waals surface area (Å²) in [5, 5.41) is 54.8. The number of carbonyl (C=O) groups is 1. The van der Waals surface area contributed by atoms with Gasteiger partial charge in [-0.1, -0.05) is 324 Å². The lowest BCUT2D eigenvalue weighted by atomic mass is 9.99. The molecule has 0 aromatic rings. The summed E-state index contributed by atoms with van der Waals surface area (Å²) in [6.45, 7) is 3.70. The summed E-state index contributed by atoms with van der Waals surface area (Å²) in [4.78, 5) is 13.1. The van der Waals surface area contributed by atoms with Gasteiger partial charge in [0.25, 0.3) is 0 Å². The van der Waals surface area contributed by atoms with Gasteiger partial charge in [0.05, 0.1) is 25.4 Å². The van der Waals surface area contributed by atoms with E-state index < -0.39 is 49.5 Å². The number of aliphatic hydroxyl groups excluding tert-OH is 5. The van der Waals surface area contributed by atoms with Crippen molar-refractivity contribution in [3.05, 3.63) is 72.9 Å². The van der Waals surface area contributed by atoms with Crippen molar-refractivity contribution in [1.82, 2.24) is 5.32 Å². The number of nitrogens with one attached hydrogen (secondary N) is 1. The van der Waals surface area contributed by atoms with Crippen LogP contribution in [0.1, 0.15) is 322 Å². The van der Waals surface area contributed by atoms with Crippen molar-refractivity contribution < 1.29 is 39.8 Å². The fourth-order valence-electron chi connectivity index (χ4n) is 10.9. The van der Waals surface area contributed by atoms with Crippen LogP contribution in [-0.2, 0) is 14.3 Å². The van der Waals surface area contributed by atoms with Crippen molar-refractivity contribution >= 4 is 5.91 Å². The summed E-state index contributed by atoms with van der Waals surface area (Å²) in [7, 11) is 0. The first-order valence-electron chi connectivity index (χ1n) is 34.7. The molecule has 0 bridgehead atoms. The van der Waals surface area contributed by atoms with Crippen molar-refractivity contribution in [1.29, 1.82) is 0 Å². The van der Waals surface area contributed by atoms with E-state index in [0.29, 0.717) is 6.42 Å². The molecule has 0 saturated carbocycles. The molecule has 1 fully saturated rings. The smallest absolute Gasteiger partial charge is 0.220 e. The van der Waals surface area contributed by atoms with E-state index in [-0.39, 0.29) is 12.5 Å². The molecule has 0 aromatic carbocycles. The SMILES string of the molecule is CC/C=C\C/C=C\C/C=C\C/C=C\C/C=C\CCCCCCCCCCCCCC(=O)NC(COC1OC(CO)C(O)C(O)C1O)C(O)/C=C/CCCCCCCCCCCCCCCCCCCCCCCCCCCCCCC. The summed E-state index contributed by atoms with van der Waals surface area (Å²) < 4.78 is 11.3. The number of hydrogen-bond acceptors (Lipinski definition) is 8. The van der Waals surface area contributed by atoms with Gasteiger partial charge in [-0.2, -0.15) is 0 Å². The number of aliphatic hydroxyl groups is 5. The lowest BCUT2D eigenvalue weighted by Crippen LogP contribution is -2.60. The van der Waals surface area contributed by atoms with Gasteiger partial charge >= 0.3 is 0 Å². The third-order valence-electron chi connectivity index (χ3n) is 16.3. The van der Waals surface area contributed by atoms with Crippen LogP contribution in [0.4, 0.5) is 0 Å². The molecule has 6 N–H and O–H groups in total. The summed E-state index contributed by atoms with van der Waals surface area (Å²) in [6, 6.07) is -0.812. The van der Waals surface area contributed by atoms with Gasteiger partial charge in [-0.25, -0.2) is 0 Å². The Morgan fingerprint density at radius 2 is 0.765 bits per heavy atom. The van der Waals surface area contributed by atoms with Crippen LogP contribution in [0.25, 0.3) is 0 Å². The number of amides is 1. The Bertz CT molecular complexity index is 1510. The molecule has 1 rings (SSSR count). The Morgan fingerprint density at radius 1 is 0.432 bits per heavy atom. The van der Waals surface area contributed by atoms with Crippen LogP contribution in [0.2, 0.25) is 0 Å². The molecule has 7 unspecified atom stereocenters. The van der Waals surface area contributed by atoms with Crippen LogP contribution < -0.4 is 5.32 Å². The van der Waals surface area contributed by atoms with Crippen LogP contribution in [0, 0.1) is 0 Å².